The van der Waals surface area contributed by atoms with Crippen molar-refractivity contribution in [3.05, 3.63) is 65.4 Å². The first-order valence-corrected chi connectivity index (χ1v) is 8.92. The van der Waals surface area contributed by atoms with Crippen molar-refractivity contribution in [2.24, 2.45) is 0 Å². The van der Waals surface area contributed by atoms with Crippen molar-refractivity contribution in [3.8, 4) is 5.75 Å². The summed E-state index contributed by atoms with van der Waals surface area (Å²) in [5.41, 5.74) is 3.17. The predicted molar refractivity (Wildman–Crippen MR) is 105 cm³/mol. The number of hydrogen-bond donors (Lipinski definition) is 0. The molecule has 1 heterocycles. The molecule has 0 spiro atoms. The lowest BCUT2D eigenvalue weighted by atomic mass is 10.1. The van der Waals surface area contributed by atoms with Crippen LogP contribution in [0, 0.1) is 13.8 Å². The summed E-state index contributed by atoms with van der Waals surface area (Å²) in [6.07, 6.45) is 1.38. The molecule has 2 aromatic carbocycles. The Bertz CT molecular complexity index is 982. The number of benzene rings is 2. The maximum Gasteiger partial charge on any atom is 0.340 e. The minimum atomic E-state index is -0.660. The monoisotopic (exact) mass is 365 g/mol. The van der Waals surface area contributed by atoms with Gasteiger partial charge in [0.05, 0.1) is 18.2 Å². The molecule has 0 bridgehead atoms. The summed E-state index contributed by atoms with van der Waals surface area (Å²) in [5, 5.41) is 0.680. The van der Waals surface area contributed by atoms with Gasteiger partial charge in [0.15, 0.2) is 6.10 Å². The van der Waals surface area contributed by atoms with Crippen molar-refractivity contribution in [1.82, 2.24) is 4.57 Å². The number of aryl methyl sites for hydroxylation is 2. The fourth-order valence-corrected chi connectivity index (χ4v) is 3.26. The third kappa shape index (κ3) is 3.72. The molecule has 0 aliphatic carbocycles. The van der Waals surface area contributed by atoms with Crippen molar-refractivity contribution in [2.45, 2.75) is 33.3 Å². The Balaban J connectivity index is 1.99. The zero-order valence-electron chi connectivity index (χ0n) is 16.0. The highest BCUT2D eigenvalue weighted by atomic mass is 16.5. The van der Waals surface area contributed by atoms with Crippen LogP contribution in [0.4, 0.5) is 0 Å². The molecule has 3 aromatic rings. The molecule has 1 aromatic heterocycles. The first kappa shape index (κ1) is 18.7. The number of hydrogen-bond acceptors (Lipinski definition) is 4. The highest BCUT2D eigenvalue weighted by Gasteiger charge is 2.25. The first-order valence-electron chi connectivity index (χ1n) is 8.92. The molecule has 0 amide bonds. The topological polar surface area (TPSA) is 57.5 Å². The van der Waals surface area contributed by atoms with Gasteiger partial charge in [0.1, 0.15) is 5.75 Å². The van der Waals surface area contributed by atoms with Crippen LogP contribution in [0.5, 0.6) is 5.75 Å². The van der Waals surface area contributed by atoms with E-state index in [0.717, 1.165) is 11.1 Å². The molecule has 27 heavy (non-hydrogen) atoms. The van der Waals surface area contributed by atoms with E-state index in [1.807, 2.05) is 51.1 Å². The number of fused-ring (bicyclic) bond motifs is 1. The number of ether oxygens (including phenoxy) is 2. The zero-order chi connectivity index (χ0) is 19.6. The molecule has 140 valence electrons. The minimum Gasteiger partial charge on any atom is -0.481 e. The second-order valence-corrected chi connectivity index (χ2v) is 6.60. The van der Waals surface area contributed by atoms with Gasteiger partial charge in [-0.05, 0) is 49.6 Å². The highest BCUT2D eigenvalue weighted by molar-refractivity contribution is 6.07. The Labute approximate surface area is 158 Å². The maximum atomic E-state index is 13.2. The standard InChI is InChI=1S/C22H23NO4/c1-5-20(27-16-11-14(2)10-15(3)12-16)21(24)23-13-18(22(25)26-4)17-8-6-7-9-19(17)23/h6-13,20H,5H2,1-4H3. The fourth-order valence-electron chi connectivity index (χ4n) is 3.26. The Kier molecular flexibility index (Phi) is 5.31. The van der Waals surface area contributed by atoms with Gasteiger partial charge in [0.25, 0.3) is 5.91 Å². The number of aromatic nitrogens is 1. The second-order valence-electron chi connectivity index (χ2n) is 6.60. The van der Waals surface area contributed by atoms with Gasteiger partial charge in [-0.2, -0.15) is 0 Å². The molecular formula is C22H23NO4. The molecule has 0 aliphatic rings. The number of esters is 1. The molecule has 0 saturated carbocycles. The van der Waals surface area contributed by atoms with Crippen molar-refractivity contribution < 1.29 is 19.1 Å². The van der Waals surface area contributed by atoms with E-state index in [1.54, 1.807) is 6.07 Å². The van der Waals surface area contributed by atoms with Gasteiger partial charge < -0.3 is 9.47 Å². The lowest BCUT2D eigenvalue weighted by Crippen LogP contribution is -2.31. The van der Waals surface area contributed by atoms with E-state index in [-0.39, 0.29) is 5.91 Å². The van der Waals surface area contributed by atoms with Gasteiger partial charge in [-0.3, -0.25) is 9.36 Å². The summed E-state index contributed by atoms with van der Waals surface area (Å²) in [4.78, 5) is 25.3. The molecule has 0 fully saturated rings. The number of rotatable bonds is 5. The van der Waals surface area contributed by atoms with Crippen LogP contribution in [-0.2, 0) is 4.74 Å². The van der Waals surface area contributed by atoms with E-state index in [9.17, 15) is 9.59 Å². The first-order chi connectivity index (χ1) is 12.9. The Hall–Kier alpha value is -3.08. The minimum absolute atomic E-state index is 0.219. The van der Waals surface area contributed by atoms with E-state index >= 15 is 0 Å². The SMILES string of the molecule is CCC(Oc1cc(C)cc(C)c1)C(=O)n1cc(C(=O)OC)c2ccccc21. The number of methoxy groups -OCH3 is 1. The average Bonchev–Trinajstić information content (AvgIpc) is 3.04. The van der Waals surface area contributed by atoms with E-state index in [0.29, 0.717) is 28.6 Å². The van der Waals surface area contributed by atoms with Crippen LogP contribution in [0.2, 0.25) is 0 Å². The van der Waals surface area contributed by atoms with Crippen LogP contribution in [0.3, 0.4) is 0 Å². The molecule has 0 saturated heterocycles. The zero-order valence-corrected chi connectivity index (χ0v) is 16.0. The van der Waals surface area contributed by atoms with E-state index in [4.69, 9.17) is 9.47 Å². The largest absolute Gasteiger partial charge is 0.481 e. The van der Waals surface area contributed by atoms with Gasteiger partial charge in [-0.1, -0.05) is 31.2 Å². The second kappa shape index (κ2) is 7.66. The summed E-state index contributed by atoms with van der Waals surface area (Å²) in [6, 6.07) is 13.1. The quantitative estimate of drug-likeness (QED) is 0.623. The molecule has 3 rings (SSSR count). The number of carbonyl (C=O) groups is 2. The van der Waals surface area contributed by atoms with Gasteiger partial charge in [-0.25, -0.2) is 4.79 Å². The summed E-state index contributed by atoms with van der Waals surface area (Å²) in [7, 11) is 1.33. The van der Waals surface area contributed by atoms with Crippen molar-refractivity contribution in [3.63, 3.8) is 0 Å². The molecule has 5 nitrogen and oxygen atoms in total. The smallest absolute Gasteiger partial charge is 0.340 e. The van der Waals surface area contributed by atoms with Crippen LogP contribution >= 0.6 is 0 Å². The average molecular weight is 365 g/mol. The molecule has 0 radical (unpaired) electrons. The fraction of sp³-hybridized carbons (Fsp3) is 0.273. The van der Waals surface area contributed by atoms with Crippen molar-refractivity contribution in [2.75, 3.05) is 7.11 Å². The summed E-state index contributed by atoms with van der Waals surface area (Å²) >= 11 is 0. The number of para-hydroxylation sites is 1. The molecular weight excluding hydrogens is 342 g/mol. The van der Waals surface area contributed by atoms with Crippen molar-refractivity contribution >= 4 is 22.8 Å². The maximum absolute atomic E-state index is 13.2. The number of nitrogens with zero attached hydrogens (tertiary/aromatic N) is 1. The van der Waals surface area contributed by atoms with Gasteiger partial charge in [0, 0.05) is 11.6 Å². The van der Waals surface area contributed by atoms with Crippen molar-refractivity contribution in [1.29, 1.82) is 0 Å². The van der Waals surface area contributed by atoms with Crippen LogP contribution in [-0.4, -0.2) is 29.7 Å². The summed E-state index contributed by atoms with van der Waals surface area (Å²) in [5.74, 6) is -0.0265. The van der Waals surface area contributed by atoms with Crippen LogP contribution in [0.25, 0.3) is 10.9 Å². The van der Waals surface area contributed by atoms with Crippen LogP contribution in [0.15, 0.2) is 48.7 Å². The lowest BCUT2D eigenvalue weighted by Gasteiger charge is -2.18. The third-order valence-electron chi connectivity index (χ3n) is 4.47. The summed E-state index contributed by atoms with van der Waals surface area (Å²) < 4.78 is 12.3. The molecule has 0 aliphatic heterocycles. The lowest BCUT2D eigenvalue weighted by molar-refractivity contribution is 0.0602. The van der Waals surface area contributed by atoms with E-state index in [1.165, 1.54) is 17.9 Å². The summed E-state index contributed by atoms with van der Waals surface area (Å²) in [6.45, 7) is 5.88. The van der Waals surface area contributed by atoms with Gasteiger partial charge in [-0.15, -0.1) is 0 Å². The Morgan fingerprint density at radius 2 is 1.74 bits per heavy atom. The Morgan fingerprint density at radius 1 is 1.07 bits per heavy atom. The highest BCUT2D eigenvalue weighted by Crippen LogP contribution is 2.24. The van der Waals surface area contributed by atoms with Gasteiger partial charge in [0.2, 0.25) is 0 Å². The Morgan fingerprint density at radius 3 is 2.37 bits per heavy atom. The van der Waals surface area contributed by atoms with E-state index in [2.05, 4.69) is 6.07 Å². The molecule has 1 atom stereocenters. The predicted octanol–water partition coefficient (Wildman–Crippen LogP) is 4.54. The van der Waals surface area contributed by atoms with Crippen LogP contribution < -0.4 is 4.74 Å². The molecule has 0 N–H and O–H groups in total. The molecule has 1 unspecified atom stereocenters. The normalized spacial score (nSPS) is 12.0. The third-order valence-corrected chi connectivity index (χ3v) is 4.47. The van der Waals surface area contributed by atoms with Crippen LogP contribution in [0.1, 0.15) is 39.6 Å². The van der Waals surface area contributed by atoms with E-state index < -0.39 is 12.1 Å². The molecule has 5 heteroatoms. The number of carbonyl (C=O) groups excluding carboxylic acids is 2. The van der Waals surface area contributed by atoms with Gasteiger partial charge >= 0.3 is 5.97 Å².